The molecule has 0 amide bonds. The van der Waals surface area contributed by atoms with Crippen LogP contribution in [0.15, 0.2) is 33.3 Å². The minimum absolute atomic E-state index is 0.466. The third-order valence-corrected chi connectivity index (χ3v) is 4.53. The van der Waals surface area contributed by atoms with E-state index in [0.29, 0.717) is 21.7 Å². The number of rotatable bonds is 2. The molecule has 2 rings (SSSR count). The van der Waals surface area contributed by atoms with Crippen molar-refractivity contribution in [2.45, 2.75) is 6.92 Å². The van der Waals surface area contributed by atoms with Crippen molar-refractivity contribution >= 4 is 55.1 Å². The van der Waals surface area contributed by atoms with Crippen molar-refractivity contribution in [3.63, 3.8) is 0 Å². The summed E-state index contributed by atoms with van der Waals surface area (Å²) >= 11 is 18.7. The molecule has 0 N–H and O–H groups in total. The van der Waals surface area contributed by atoms with E-state index < -0.39 is 0 Å². The average molecular weight is 412 g/mol. The van der Waals surface area contributed by atoms with Gasteiger partial charge < -0.3 is 4.74 Å². The molecule has 0 aliphatic heterocycles. The zero-order chi connectivity index (χ0) is 13.3. The van der Waals surface area contributed by atoms with E-state index in [1.165, 1.54) is 0 Å². The largest absolute Gasteiger partial charge is 0.437 e. The number of hydrogen-bond donors (Lipinski definition) is 0. The maximum atomic E-state index is 6.07. The predicted molar refractivity (Wildman–Crippen MR) is 80.9 cm³/mol. The van der Waals surface area contributed by atoms with Crippen LogP contribution in [-0.4, -0.2) is 4.98 Å². The summed E-state index contributed by atoms with van der Waals surface area (Å²) in [6, 6.07) is 5.15. The number of aromatic nitrogens is 1. The lowest BCUT2D eigenvalue weighted by Gasteiger charge is -2.09. The van der Waals surface area contributed by atoms with Crippen molar-refractivity contribution in [1.82, 2.24) is 4.98 Å². The Morgan fingerprint density at radius 1 is 1.06 bits per heavy atom. The first-order valence-corrected chi connectivity index (χ1v) is 7.26. The fourth-order valence-corrected chi connectivity index (χ4v) is 2.31. The number of benzene rings is 1. The second-order valence-corrected chi connectivity index (χ2v) is 6.09. The van der Waals surface area contributed by atoms with E-state index in [2.05, 4.69) is 36.8 Å². The highest BCUT2D eigenvalue weighted by atomic mass is 79.9. The quantitative estimate of drug-likeness (QED) is 0.564. The number of pyridine rings is 1. The van der Waals surface area contributed by atoms with E-state index in [4.69, 9.17) is 27.9 Å². The molecule has 0 saturated heterocycles. The first-order chi connectivity index (χ1) is 8.47. The van der Waals surface area contributed by atoms with Crippen molar-refractivity contribution in [3.05, 3.63) is 49.0 Å². The molecule has 0 radical (unpaired) electrons. The minimum Gasteiger partial charge on any atom is -0.437 e. The smallest absolute Gasteiger partial charge is 0.219 e. The number of halogens is 4. The average Bonchev–Trinajstić information content (AvgIpc) is 2.31. The molecule has 1 heterocycles. The Labute approximate surface area is 132 Å². The highest BCUT2D eigenvalue weighted by Gasteiger charge is 2.09. The Morgan fingerprint density at radius 2 is 1.78 bits per heavy atom. The van der Waals surface area contributed by atoms with Crippen LogP contribution in [0.1, 0.15) is 5.56 Å². The molecule has 6 heteroatoms. The summed E-state index contributed by atoms with van der Waals surface area (Å²) < 4.78 is 7.26. The van der Waals surface area contributed by atoms with Crippen LogP contribution in [0.25, 0.3) is 0 Å². The van der Waals surface area contributed by atoms with Crippen molar-refractivity contribution in [1.29, 1.82) is 0 Å². The summed E-state index contributed by atoms with van der Waals surface area (Å²) in [5.74, 6) is 0.940. The molecule has 2 nitrogen and oxygen atoms in total. The number of nitrogens with zero attached hydrogens (tertiary/aromatic N) is 1. The summed E-state index contributed by atoms with van der Waals surface area (Å²) in [7, 11) is 0. The lowest BCUT2D eigenvalue weighted by atomic mass is 10.3. The van der Waals surface area contributed by atoms with Gasteiger partial charge in [0.15, 0.2) is 0 Å². The van der Waals surface area contributed by atoms with Gasteiger partial charge in [0.05, 0.1) is 10.0 Å². The van der Waals surface area contributed by atoms with Crippen LogP contribution < -0.4 is 4.74 Å². The summed E-state index contributed by atoms with van der Waals surface area (Å²) in [5.41, 5.74) is 1.03. The van der Waals surface area contributed by atoms with Crippen LogP contribution in [0.2, 0.25) is 10.0 Å². The molecule has 18 heavy (non-hydrogen) atoms. The summed E-state index contributed by atoms with van der Waals surface area (Å²) in [6.45, 7) is 1.95. The molecule has 1 aromatic carbocycles. The topological polar surface area (TPSA) is 22.1 Å². The van der Waals surface area contributed by atoms with Gasteiger partial charge in [-0.2, -0.15) is 0 Å². The van der Waals surface area contributed by atoms with E-state index in [-0.39, 0.29) is 0 Å². The van der Waals surface area contributed by atoms with Crippen molar-refractivity contribution in [2.75, 3.05) is 0 Å². The molecule has 0 atom stereocenters. The molecule has 0 saturated carbocycles. The van der Waals surface area contributed by atoms with Crippen molar-refractivity contribution < 1.29 is 4.74 Å². The number of ether oxygens (including phenoxy) is 1. The van der Waals surface area contributed by atoms with Gasteiger partial charge in [-0.3, -0.25) is 0 Å². The first-order valence-electron chi connectivity index (χ1n) is 4.92. The molecule has 0 aliphatic carbocycles. The molecule has 0 aliphatic rings. The van der Waals surface area contributed by atoms with Gasteiger partial charge in [0.1, 0.15) is 5.75 Å². The SMILES string of the molecule is Cc1cc(Oc2cc(Cl)c(Br)cc2Cl)ncc1Br. The van der Waals surface area contributed by atoms with E-state index >= 15 is 0 Å². The van der Waals surface area contributed by atoms with Gasteiger partial charge in [-0.15, -0.1) is 0 Å². The fourth-order valence-electron chi connectivity index (χ4n) is 1.26. The first kappa shape index (κ1) is 14.1. The summed E-state index contributed by atoms with van der Waals surface area (Å²) in [4.78, 5) is 4.15. The van der Waals surface area contributed by atoms with Crippen LogP contribution >= 0.6 is 55.1 Å². The van der Waals surface area contributed by atoms with E-state index in [1.54, 1.807) is 18.3 Å². The maximum absolute atomic E-state index is 6.07. The molecule has 0 spiro atoms. The van der Waals surface area contributed by atoms with Crippen LogP contribution in [0.4, 0.5) is 0 Å². The molecule has 0 fully saturated rings. The standard InChI is InChI=1S/C12H7Br2Cl2NO/c1-6-2-12(17-5-8(6)14)18-11-4-9(15)7(13)3-10(11)16/h2-5H,1H3. The minimum atomic E-state index is 0.466. The van der Waals surface area contributed by atoms with Crippen LogP contribution in [-0.2, 0) is 0 Å². The van der Waals surface area contributed by atoms with Gasteiger partial charge in [-0.25, -0.2) is 4.98 Å². The molecule has 0 unspecified atom stereocenters. The van der Waals surface area contributed by atoms with E-state index in [1.807, 2.05) is 13.0 Å². The predicted octanol–water partition coefficient (Wildman–Crippen LogP) is 6.01. The second kappa shape index (κ2) is 5.78. The zero-order valence-corrected chi connectivity index (χ0v) is 13.9. The molecular formula is C12H7Br2Cl2NO. The zero-order valence-electron chi connectivity index (χ0n) is 9.18. The molecule has 94 valence electrons. The lowest BCUT2D eigenvalue weighted by molar-refractivity contribution is 0.462. The Morgan fingerprint density at radius 3 is 2.44 bits per heavy atom. The lowest BCUT2D eigenvalue weighted by Crippen LogP contribution is -1.90. The van der Waals surface area contributed by atoms with Gasteiger partial charge in [-0.1, -0.05) is 23.2 Å². The fraction of sp³-hybridized carbons (Fsp3) is 0.0833. The molecule has 0 bridgehead atoms. The van der Waals surface area contributed by atoms with Crippen LogP contribution in [0.3, 0.4) is 0 Å². The number of hydrogen-bond acceptors (Lipinski definition) is 2. The van der Waals surface area contributed by atoms with Gasteiger partial charge in [0, 0.05) is 27.3 Å². The third kappa shape index (κ3) is 3.18. The van der Waals surface area contributed by atoms with Gasteiger partial charge in [0.25, 0.3) is 0 Å². The summed E-state index contributed by atoms with van der Waals surface area (Å²) in [6.07, 6.45) is 1.68. The molecular weight excluding hydrogens is 405 g/mol. The van der Waals surface area contributed by atoms with Gasteiger partial charge >= 0.3 is 0 Å². The molecule has 2 aromatic rings. The van der Waals surface area contributed by atoms with Gasteiger partial charge in [-0.05, 0) is 50.4 Å². The van der Waals surface area contributed by atoms with Gasteiger partial charge in [0.2, 0.25) is 5.88 Å². The highest BCUT2D eigenvalue weighted by molar-refractivity contribution is 9.10. The maximum Gasteiger partial charge on any atom is 0.219 e. The van der Waals surface area contributed by atoms with Crippen molar-refractivity contribution in [3.8, 4) is 11.6 Å². The Hall–Kier alpha value is -0.290. The second-order valence-electron chi connectivity index (χ2n) is 3.57. The van der Waals surface area contributed by atoms with Crippen molar-refractivity contribution in [2.24, 2.45) is 0 Å². The Bertz CT molecular complexity index is 605. The Balaban J connectivity index is 2.34. The third-order valence-electron chi connectivity index (χ3n) is 2.21. The Kier molecular flexibility index (Phi) is 4.54. The molecule has 1 aromatic heterocycles. The normalized spacial score (nSPS) is 10.5. The van der Waals surface area contributed by atoms with Crippen LogP contribution in [0, 0.1) is 6.92 Å². The number of aryl methyl sites for hydroxylation is 1. The monoisotopic (exact) mass is 409 g/mol. The van der Waals surface area contributed by atoms with E-state index in [0.717, 1.165) is 14.5 Å². The van der Waals surface area contributed by atoms with Crippen LogP contribution in [0.5, 0.6) is 11.6 Å². The summed E-state index contributed by atoms with van der Waals surface area (Å²) in [5, 5.41) is 0.997. The highest BCUT2D eigenvalue weighted by Crippen LogP contribution is 2.36. The van der Waals surface area contributed by atoms with E-state index in [9.17, 15) is 0 Å².